The quantitative estimate of drug-likeness (QED) is 0.878. The summed E-state index contributed by atoms with van der Waals surface area (Å²) in [6.07, 6.45) is 3.70. The second-order valence-corrected chi connectivity index (χ2v) is 5.22. The second kappa shape index (κ2) is 5.52. The number of halogens is 1. The number of aromatic nitrogens is 1. The van der Waals surface area contributed by atoms with Crippen LogP contribution in [0.5, 0.6) is 0 Å². The summed E-state index contributed by atoms with van der Waals surface area (Å²) in [4.78, 5) is 18.7. The molecule has 1 aliphatic rings. The molecule has 1 heterocycles. The summed E-state index contributed by atoms with van der Waals surface area (Å²) in [6.45, 7) is 0.460. The van der Waals surface area contributed by atoms with Crippen LogP contribution in [0, 0.1) is 5.82 Å². The van der Waals surface area contributed by atoms with Crippen LogP contribution in [-0.4, -0.2) is 21.8 Å². The smallest absolute Gasteiger partial charge is 0.254 e. The van der Waals surface area contributed by atoms with Crippen molar-refractivity contribution in [2.75, 3.05) is 5.73 Å². The van der Waals surface area contributed by atoms with Gasteiger partial charge < -0.3 is 10.6 Å². The normalized spacial score (nSPS) is 14.0. The Hall–Kier alpha value is -2.43. The number of carbonyl (C=O) groups excluding carboxylic acids is 1. The van der Waals surface area contributed by atoms with E-state index in [1.807, 2.05) is 18.2 Å². The van der Waals surface area contributed by atoms with E-state index < -0.39 is 5.82 Å². The Labute approximate surface area is 122 Å². The lowest BCUT2D eigenvalue weighted by molar-refractivity contribution is 0.0727. The molecule has 108 valence electrons. The van der Waals surface area contributed by atoms with Crippen molar-refractivity contribution in [1.29, 1.82) is 0 Å². The first-order chi connectivity index (χ1) is 10.1. The van der Waals surface area contributed by atoms with Gasteiger partial charge in [-0.25, -0.2) is 4.39 Å². The molecule has 0 spiro atoms. The van der Waals surface area contributed by atoms with Gasteiger partial charge >= 0.3 is 0 Å². The highest BCUT2D eigenvalue weighted by Crippen LogP contribution is 2.30. The van der Waals surface area contributed by atoms with Crippen molar-refractivity contribution in [2.45, 2.75) is 25.4 Å². The fourth-order valence-electron chi connectivity index (χ4n) is 2.26. The summed E-state index contributed by atoms with van der Waals surface area (Å²) in [5.41, 5.74) is 6.79. The first kappa shape index (κ1) is 13.5. The van der Waals surface area contributed by atoms with Crippen LogP contribution in [0.2, 0.25) is 0 Å². The van der Waals surface area contributed by atoms with Crippen molar-refractivity contribution in [3.05, 3.63) is 59.7 Å². The number of anilines is 1. The van der Waals surface area contributed by atoms with Gasteiger partial charge in [-0.15, -0.1) is 0 Å². The molecule has 2 aromatic rings. The molecule has 0 unspecified atom stereocenters. The minimum Gasteiger partial charge on any atom is -0.396 e. The van der Waals surface area contributed by atoms with E-state index in [0.717, 1.165) is 18.5 Å². The van der Waals surface area contributed by atoms with Gasteiger partial charge in [0.25, 0.3) is 5.91 Å². The molecule has 0 aliphatic heterocycles. The molecule has 1 fully saturated rings. The van der Waals surface area contributed by atoms with Gasteiger partial charge in [-0.1, -0.05) is 6.07 Å². The van der Waals surface area contributed by atoms with Crippen molar-refractivity contribution >= 4 is 11.6 Å². The van der Waals surface area contributed by atoms with E-state index in [-0.39, 0.29) is 17.6 Å². The maximum atomic E-state index is 13.2. The van der Waals surface area contributed by atoms with E-state index in [2.05, 4.69) is 4.98 Å². The number of carbonyl (C=O) groups is 1. The standard InChI is InChI=1S/C16H16FN3O/c17-14-7-4-11(9-15(14)18)16(21)20(13-5-6-13)10-12-3-1-2-8-19-12/h1-4,7-9,13H,5-6,10,18H2. The van der Waals surface area contributed by atoms with Gasteiger partial charge in [-0.3, -0.25) is 9.78 Å². The van der Waals surface area contributed by atoms with E-state index in [0.29, 0.717) is 12.1 Å². The van der Waals surface area contributed by atoms with Crippen molar-refractivity contribution in [3.8, 4) is 0 Å². The summed E-state index contributed by atoms with van der Waals surface area (Å²) >= 11 is 0. The number of amides is 1. The highest BCUT2D eigenvalue weighted by molar-refractivity contribution is 5.95. The lowest BCUT2D eigenvalue weighted by Gasteiger charge is -2.22. The molecule has 5 heteroatoms. The lowest BCUT2D eigenvalue weighted by atomic mass is 10.1. The number of nitrogen functional groups attached to an aromatic ring is 1. The van der Waals surface area contributed by atoms with Crippen molar-refractivity contribution in [3.63, 3.8) is 0 Å². The summed E-state index contributed by atoms with van der Waals surface area (Å²) in [5, 5.41) is 0. The molecule has 0 bridgehead atoms. The van der Waals surface area contributed by atoms with Crippen LogP contribution in [0.15, 0.2) is 42.6 Å². The number of rotatable bonds is 4. The first-order valence-corrected chi connectivity index (χ1v) is 6.91. The van der Waals surface area contributed by atoms with Crippen LogP contribution in [0.1, 0.15) is 28.9 Å². The molecule has 21 heavy (non-hydrogen) atoms. The van der Waals surface area contributed by atoms with Crippen LogP contribution in [0.25, 0.3) is 0 Å². The Morgan fingerprint density at radius 1 is 1.33 bits per heavy atom. The zero-order valence-corrected chi connectivity index (χ0v) is 11.5. The molecule has 0 radical (unpaired) electrons. The Balaban J connectivity index is 1.83. The topological polar surface area (TPSA) is 59.2 Å². The fraction of sp³-hybridized carbons (Fsp3) is 0.250. The Kier molecular flexibility index (Phi) is 3.56. The molecule has 1 aromatic heterocycles. The summed E-state index contributed by atoms with van der Waals surface area (Å²) in [7, 11) is 0. The molecule has 0 saturated heterocycles. The molecular weight excluding hydrogens is 269 g/mol. The van der Waals surface area contributed by atoms with Gasteiger partial charge in [0.1, 0.15) is 5.82 Å². The van der Waals surface area contributed by atoms with E-state index in [1.54, 1.807) is 11.1 Å². The zero-order chi connectivity index (χ0) is 14.8. The molecule has 0 atom stereocenters. The monoisotopic (exact) mass is 285 g/mol. The zero-order valence-electron chi connectivity index (χ0n) is 11.5. The van der Waals surface area contributed by atoms with Gasteiger partial charge in [0.15, 0.2) is 0 Å². The summed E-state index contributed by atoms with van der Waals surface area (Å²) in [6, 6.07) is 9.97. The maximum Gasteiger partial charge on any atom is 0.254 e. The third-order valence-electron chi connectivity index (χ3n) is 3.55. The molecule has 1 aliphatic carbocycles. The van der Waals surface area contributed by atoms with Gasteiger partial charge in [-0.05, 0) is 43.2 Å². The lowest BCUT2D eigenvalue weighted by Crippen LogP contribution is -2.33. The van der Waals surface area contributed by atoms with E-state index in [9.17, 15) is 9.18 Å². The van der Waals surface area contributed by atoms with Gasteiger partial charge in [-0.2, -0.15) is 0 Å². The first-order valence-electron chi connectivity index (χ1n) is 6.91. The van der Waals surface area contributed by atoms with Crippen LogP contribution >= 0.6 is 0 Å². The average molecular weight is 285 g/mol. The molecular formula is C16H16FN3O. The van der Waals surface area contributed by atoms with Gasteiger partial charge in [0.05, 0.1) is 17.9 Å². The van der Waals surface area contributed by atoms with Gasteiger partial charge in [0, 0.05) is 17.8 Å². The third kappa shape index (κ3) is 3.02. The van der Waals surface area contributed by atoms with Crippen LogP contribution in [-0.2, 0) is 6.54 Å². The molecule has 1 amide bonds. The van der Waals surface area contributed by atoms with Crippen LogP contribution in [0.4, 0.5) is 10.1 Å². The summed E-state index contributed by atoms with van der Waals surface area (Å²) in [5.74, 6) is -0.635. The maximum absolute atomic E-state index is 13.2. The fourth-order valence-corrected chi connectivity index (χ4v) is 2.26. The predicted octanol–water partition coefficient (Wildman–Crippen LogP) is 2.61. The molecule has 3 rings (SSSR count). The Morgan fingerprint density at radius 2 is 2.14 bits per heavy atom. The minimum absolute atomic E-state index is 0.00515. The molecule has 1 saturated carbocycles. The highest BCUT2D eigenvalue weighted by atomic mass is 19.1. The van der Waals surface area contributed by atoms with E-state index in [1.165, 1.54) is 18.2 Å². The van der Waals surface area contributed by atoms with Crippen molar-refractivity contribution in [2.24, 2.45) is 0 Å². The second-order valence-electron chi connectivity index (χ2n) is 5.22. The van der Waals surface area contributed by atoms with E-state index >= 15 is 0 Å². The average Bonchev–Trinajstić information content (AvgIpc) is 3.33. The minimum atomic E-state index is -0.505. The highest BCUT2D eigenvalue weighted by Gasteiger charge is 2.33. The molecule has 1 aromatic carbocycles. The largest absolute Gasteiger partial charge is 0.396 e. The third-order valence-corrected chi connectivity index (χ3v) is 3.55. The van der Waals surface area contributed by atoms with Crippen LogP contribution < -0.4 is 5.73 Å². The number of nitrogens with two attached hydrogens (primary N) is 1. The van der Waals surface area contributed by atoms with Crippen LogP contribution in [0.3, 0.4) is 0 Å². The number of nitrogens with zero attached hydrogens (tertiary/aromatic N) is 2. The van der Waals surface area contributed by atoms with E-state index in [4.69, 9.17) is 5.73 Å². The SMILES string of the molecule is Nc1cc(C(=O)N(Cc2ccccn2)C2CC2)ccc1F. The Bertz CT molecular complexity index is 656. The van der Waals surface area contributed by atoms with Crippen molar-refractivity contribution in [1.82, 2.24) is 9.88 Å². The number of pyridine rings is 1. The van der Waals surface area contributed by atoms with Crippen molar-refractivity contribution < 1.29 is 9.18 Å². The number of benzene rings is 1. The van der Waals surface area contributed by atoms with Gasteiger partial charge in [0.2, 0.25) is 0 Å². The number of hydrogen-bond acceptors (Lipinski definition) is 3. The predicted molar refractivity (Wildman–Crippen MR) is 77.9 cm³/mol. The Morgan fingerprint density at radius 3 is 2.76 bits per heavy atom. The summed E-state index contributed by atoms with van der Waals surface area (Å²) < 4.78 is 13.2. The molecule has 2 N–H and O–H groups in total. The molecule has 4 nitrogen and oxygen atoms in total. The number of hydrogen-bond donors (Lipinski definition) is 1.